The highest BCUT2D eigenvalue weighted by atomic mass is 35.5. The monoisotopic (exact) mass is 266 g/mol. The summed E-state index contributed by atoms with van der Waals surface area (Å²) in [7, 11) is 1.74. The third kappa shape index (κ3) is 2.68. The van der Waals surface area contributed by atoms with Crippen molar-refractivity contribution in [3.8, 4) is 0 Å². The summed E-state index contributed by atoms with van der Waals surface area (Å²) in [6.45, 7) is 3.88. The predicted molar refractivity (Wildman–Crippen MR) is 75.1 cm³/mol. The van der Waals surface area contributed by atoms with E-state index in [1.54, 1.807) is 7.11 Å². The second kappa shape index (κ2) is 6.21. The number of halogens is 1. The molecular weight excluding hydrogens is 248 g/mol. The van der Waals surface area contributed by atoms with Crippen molar-refractivity contribution < 1.29 is 4.74 Å². The minimum Gasteiger partial charge on any atom is -0.385 e. The van der Waals surface area contributed by atoms with Gasteiger partial charge >= 0.3 is 0 Å². The zero-order valence-electron chi connectivity index (χ0n) is 10.9. The molecule has 1 aromatic heterocycles. The van der Waals surface area contributed by atoms with Gasteiger partial charge in [0.15, 0.2) is 0 Å². The van der Waals surface area contributed by atoms with Crippen LogP contribution in [0.2, 0.25) is 0 Å². The molecule has 0 spiro atoms. The maximum atomic E-state index is 5.99. The number of ether oxygens (including phenoxy) is 1. The average molecular weight is 267 g/mol. The van der Waals surface area contributed by atoms with Gasteiger partial charge in [0.2, 0.25) is 0 Å². The van der Waals surface area contributed by atoms with E-state index in [0.717, 1.165) is 37.3 Å². The van der Waals surface area contributed by atoms with Crippen LogP contribution in [-0.4, -0.2) is 23.3 Å². The number of imidazole rings is 1. The van der Waals surface area contributed by atoms with Crippen LogP contribution in [0.1, 0.15) is 24.2 Å². The summed E-state index contributed by atoms with van der Waals surface area (Å²) >= 11 is 5.99. The van der Waals surface area contributed by atoms with Crippen molar-refractivity contribution in [1.29, 1.82) is 0 Å². The fourth-order valence-corrected chi connectivity index (χ4v) is 2.48. The van der Waals surface area contributed by atoms with Crippen LogP contribution in [0.25, 0.3) is 11.0 Å². The van der Waals surface area contributed by atoms with E-state index in [1.807, 2.05) is 12.1 Å². The maximum Gasteiger partial charge on any atom is 0.124 e. The van der Waals surface area contributed by atoms with Crippen molar-refractivity contribution in [3.63, 3.8) is 0 Å². The Labute approximate surface area is 113 Å². The van der Waals surface area contributed by atoms with E-state index in [2.05, 4.69) is 22.5 Å². The van der Waals surface area contributed by atoms with Gasteiger partial charge in [-0.2, -0.15) is 0 Å². The summed E-state index contributed by atoms with van der Waals surface area (Å²) < 4.78 is 7.32. The molecular formula is C14H19ClN2O. The van der Waals surface area contributed by atoms with Gasteiger partial charge in [-0.1, -0.05) is 12.1 Å². The van der Waals surface area contributed by atoms with Crippen LogP contribution in [0.5, 0.6) is 0 Å². The van der Waals surface area contributed by atoms with Crippen molar-refractivity contribution in [2.45, 2.75) is 32.2 Å². The number of unbranched alkanes of at least 4 members (excludes halogenated alkanes) is 1. The first-order valence-electron chi connectivity index (χ1n) is 6.27. The van der Waals surface area contributed by atoms with Crippen LogP contribution in [0.4, 0.5) is 0 Å². The van der Waals surface area contributed by atoms with Gasteiger partial charge in [0.25, 0.3) is 0 Å². The molecule has 0 aliphatic heterocycles. The Balaban J connectivity index is 2.28. The van der Waals surface area contributed by atoms with Crippen molar-refractivity contribution in [2.24, 2.45) is 0 Å². The van der Waals surface area contributed by atoms with Gasteiger partial charge in [-0.25, -0.2) is 4.98 Å². The Morgan fingerprint density at radius 3 is 2.89 bits per heavy atom. The molecule has 4 heteroatoms. The second-order valence-corrected chi connectivity index (χ2v) is 4.72. The lowest BCUT2D eigenvalue weighted by Gasteiger charge is -2.09. The average Bonchev–Trinajstić information content (AvgIpc) is 2.74. The van der Waals surface area contributed by atoms with Crippen LogP contribution in [0.3, 0.4) is 0 Å². The summed E-state index contributed by atoms with van der Waals surface area (Å²) in [6, 6.07) is 6.20. The minimum absolute atomic E-state index is 0.457. The fourth-order valence-electron chi connectivity index (χ4n) is 2.27. The molecule has 0 radical (unpaired) electrons. The van der Waals surface area contributed by atoms with Crippen LogP contribution < -0.4 is 0 Å². The Hall–Kier alpha value is -1.06. The van der Waals surface area contributed by atoms with Gasteiger partial charge < -0.3 is 9.30 Å². The molecule has 0 aliphatic rings. The number of fused-ring (bicyclic) bond motifs is 1. The first kappa shape index (κ1) is 13.4. The molecule has 0 aliphatic carbocycles. The molecule has 0 saturated heterocycles. The van der Waals surface area contributed by atoms with Crippen LogP contribution >= 0.6 is 11.6 Å². The lowest BCUT2D eigenvalue weighted by molar-refractivity contribution is 0.191. The van der Waals surface area contributed by atoms with Crippen LogP contribution in [0.15, 0.2) is 18.2 Å². The maximum absolute atomic E-state index is 5.99. The minimum atomic E-state index is 0.457. The standard InChI is InChI=1S/C14H19ClN2O/c1-11-6-5-7-12-14(11)17(13(10-15)16-12)8-3-4-9-18-2/h5-7H,3-4,8-10H2,1-2H3. The summed E-state index contributed by atoms with van der Waals surface area (Å²) in [5.74, 6) is 1.41. The normalized spacial score (nSPS) is 11.3. The highest BCUT2D eigenvalue weighted by Gasteiger charge is 2.11. The molecule has 98 valence electrons. The second-order valence-electron chi connectivity index (χ2n) is 4.46. The molecule has 0 bridgehead atoms. The first-order valence-corrected chi connectivity index (χ1v) is 6.81. The Kier molecular flexibility index (Phi) is 4.61. The third-order valence-corrected chi connectivity index (χ3v) is 3.39. The van der Waals surface area contributed by atoms with Crippen LogP contribution in [0, 0.1) is 6.92 Å². The number of hydrogen-bond acceptors (Lipinski definition) is 2. The van der Waals surface area contributed by atoms with E-state index in [0.29, 0.717) is 5.88 Å². The summed E-state index contributed by atoms with van der Waals surface area (Å²) in [5.41, 5.74) is 3.51. The SMILES string of the molecule is COCCCCn1c(CCl)nc2cccc(C)c21. The molecule has 0 fully saturated rings. The highest BCUT2D eigenvalue weighted by molar-refractivity contribution is 6.16. The van der Waals surface area contributed by atoms with E-state index >= 15 is 0 Å². The molecule has 0 saturated carbocycles. The number of aryl methyl sites for hydroxylation is 2. The number of methoxy groups -OCH3 is 1. The molecule has 0 N–H and O–H groups in total. The van der Waals surface area contributed by atoms with Crippen molar-refractivity contribution >= 4 is 22.6 Å². The van der Waals surface area contributed by atoms with Gasteiger partial charge in [-0.3, -0.25) is 0 Å². The van der Waals surface area contributed by atoms with E-state index in [9.17, 15) is 0 Å². The third-order valence-electron chi connectivity index (χ3n) is 3.15. The molecule has 18 heavy (non-hydrogen) atoms. The lowest BCUT2D eigenvalue weighted by Crippen LogP contribution is -2.04. The number of aromatic nitrogens is 2. The van der Waals surface area contributed by atoms with E-state index < -0.39 is 0 Å². The molecule has 1 aromatic carbocycles. The highest BCUT2D eigenvalue weighted by Crippen LogP contribution is 2.21. The lowest BCUT2D eigenvalue weighted by atomic mass is 10.2. The molecule has 3 nitrogen and oxygen atoms in total. The molecule has 0 unspecified atom stereocenters. The van der Waals surface area contributed by atoms with E-state index in [-0.39, 0.29) is 0 Å². The number of hydrogen-bond donors (Lipinski definition) is 0. The predicted octanol–water partition coefficient (Wildman–Crippen LogP) is 3.51. The molecule has 0 amide bonds. The molecule has 0 atom stereocenters. The van der Waals surface area contributed by atoms with Gasteiger partial charge in [0, 0.05) is 20.3 Å². The van der Waals surface area contributed by atoms with Crippen LogP contribution in [-0.2, 0) is 17.2 Å². The number of rotatable bonds is 6. The first-order chi connectivity index (χ1) is 8.77. The van der Waals surface area contributed by atoms with Gasteiger partial charge in [0.1, 0.15) is 5.82 Å². The summed E-state index contributed by atoms with van der Waals surface area (Å²) in [6.07, 6.45) is 2.14. The van der Waals surface area contributed by atoms with Crippen molar-refractivity contribution in [2.75, 3.05) is 13.7 Å². The van der Waals surface area contributed by atoms with E-state index in [4.69, 9.17) is 16.3 Å². The number of para-hydroxylation sites is 1. The Morgan fingerprint density at radius 1 is 1.33 bits per heavy atom. The molecule has 2 aromatic rings. The topological polar surface area (TPSA) is 27.1 Å². The van der Waals surface area contributed by atoms with Crippen molar-refractivity contribution in [3.05, 3.63) is 29.6 Å². The Morgan fingerprint density at radius 2 is 2.17 bits per heavy atom. The molecule has 2 rings (SSSR count). The number of nitrogens with zero attached hydrogens (tertiary/aromatic N) is 2. The zero-order chi connectivity index (χ0) is 13.0. The zero-order valence-corrected chi connectivity index (χ0v) is 11.7. The largest absolute Gasteiger partial charge is 0.385 e. The number of benzene rings is 1. The van der Waals surface area contributed by atoms with Gasteiger partial charge in [-0.05, 0) is 31.4 Å². The van der Waals surface area contributed by atoms with Gasteiger partial charge in [0.05, 0.1) is 16.9 Å². The molecule has 1 heterocycles. The van der Waals surface area contributed by atoms with Crippen molar-refractivity contribution in [1.82, 2.24) is 9.55 Å². The van der Waals surface area contributed by atoms with Gasteiger partial charge in [-0.15, -0.1) is 11.6 Å². The summed E-state index contributed by atoms with van der Waals surface area (Å²) in [4.78, 5) is 4.59. The summed E-state index contributed by atoms with van der Waals surface area (Å²) in [5, 5.41) is 0. The fraction of sp³-hybridized carbons (Fsp3) is 0.500. The smallest absolute Gasteiger partial charge is 0.124 e. The number of alkyl halides is 1. The quantitative estimate of drug-likeness (QED) is 0.591. The van der Waals surface area contributed by atoms with E-state index in [1.165, 1.54) is 11.1 Å². The Bertz CT molecular complexity index is 522.